The van der Waals surface area contributed by atoms with E-state index in [1.165, 1.54) is 197 Å². The highest BCUT2D eigenvalue weighted by atomic mass is 32.2. The lowest BCUT2D eigenvalue weighted by Gasteiger charge is -2.35. The Balaban J connectivity index is 0.000000932. The standard InChI is InChI=1S/C25H54N.C18H30O3S/c1-5-8-11-14-17-20-23-26(4,24-21-18-15-12-9-6-2)25-22-19-16-13-10-7-3;1-2-3-4-5-6-7-8-9-10-11-14-17-15-12-13-16-18(17)22(19,20)21/h5-25H2,1-4H3;12-13,15-16H,2-11,14H2,1H3,(H,19,20,21)/q+1;/p-1. The molecular weight excluding hydrogens is 611 g/mol. The highest BCUT2D eigenvalue weighted by molar-refractivity contribution is 7.85. The second kappa shape index (κ2) is 33.2. The molecule has 0 radical (unpaired) electrons. The van der Waals surface area contributed by atoms with Crippen LogP contribution in [0.5, 0.6) is 0 Å². The summed E-state index contributed by atoms with van der Waals surface area (Å²) >= 11 is 0. The summed E-state index contributed by atoms with van der Waals surface area (Å²) in [4.78, 5) is -0.0501. The maximum atomic E-state index is 11.2. The molecule has 5 heteroatoms. The predicted molar refractivity (Wildman–Crippen MR) is 211 cm³/mol. The molecule has 1 aromatic rings. The van der Waals surface area contributed by atoms with Gasteiger partial charge in [-0.25, -0.2) is 8.42 Å². The molecule has 0 heterocycles. The van der Waals surface area contributed by atoms with Gasteiger partial charge in [-0.05, 0) is 63.0 Å². The van der Waals surface area contributed by atoms with Crippen LogP contribution >= 0.6 is 0 Å². The highest BCUT2D eigenvalue weighted by Gasteiger charge is 2.20. The van der Waals surface area contributed by atoms with Gasteiger partial charge < -0.3 is 9.04 Å². The molecule has 0 fully saturated rings. The van der Waals surface area contributed by atoms with Crippen LogP contribution in [-0.4, -0.2) is 44.1 Å². The van der Waals surface area contributed by atoms with Crippen LogP contribution in [0.3, 0.4) is 0 Å². The van der Waals surface area contributed by atoms with Crippen LogP contribution in [0.2, 0.25) is 0 Å². The predicted octanol–water partition coefficient (Wildman–Crippen LogP) is 13.6. The molecule has 1 rings (SSSR count). The lowest BCUT2D eigenvalue weighted by Crippen LogP contribution is -2.46. The van der Waals surface area contributed by atoms with Crippen molar-refractivity contribution in [2.75, 3.05) is 26.7 Å². The van der Waals surface area contributed by atoms with E-state index in [2.05, 4.69) is 34.7 Å². The number of benzene rings is 1. The van der Waals surface area contributed by atoms with Crippen LogP contribution < -0.4 is 0 Å². The summed E-state index contributed by atoms with van der Waals surface area (Å²) in [5.74, 6) is 0. The molecule has 48 heavy (non-hydrogen) atoms. The first-order chi connectivity index (χ1) is 23.2. The number of quaternary nitrogens is 1. The van der Waals surface area contributed by atoms with E-state index in [0.717, 1.165) is 12.8 Å². The summed E-state index contributed by atoms with van der Waals surface area (Å²) in [7, 11) is -1.79. The van der Waals surface area contributed by atoms with Gasteiger partial charge in [0.25, 0.3) is 0 Å². The van der Waals surface area contributed by atoms with Gasteiger partial charge in [0.15, 0.2) is 0 Å². The molecule has 0 aliphatic heterocycles. The summed E-state index contributed by atoms with van der Waals surface area (Å²) in [5.41, 5.74) is 0.664. The minimum atomic E-state index is -4.35. The molecule has 0 saturated carbocycles. The van der Waals surface area contributed by atoms with Gasteiger partial charge in [0.2, 0.25) is 0 Å². The van der Waals surface area contributed by atoms with Crippen molar-refractivity contribution in [3.63, 3.8) is 0 Å². The number of hydrogen-bond donors (Lipinski definition) is 0. The van der Waals surface area contributed by atoms with Crippen molar-refractivity contribution < 1.29 is 17.5 Å². The Bertz CT molecular complexity index is 876. The average molecular weight is 694 g/mol. The zero-order valence-corrected chi connectivity index (χ0v) is 33.8. The topological polar surface area (TPSA) is 57.2 Å². The SMILES string of the molecule is CCCCCCCCCCCCc1ccccc1S(=O)(=O)[O-].CCCCCCCC[N+](C)(CCCCCCCC)CCCCCCCC. The molecule has 0 bridgehead atoms. The molecule has 0 aliphatic rings. The fourth-order valence-electron chi connectivity index (χ4n) is 6.91. The molecular formula is C43H83NO3S. The first kappa shape index (κ1) is 47.1. The maximum Gasteiger partial charge on any atom is 0.124 e. The molecule has 4 nitrogen and oxygen atoms in total. The Morgan fingerprint density at radius 2 is 0.750 bits per heavy atom. The van der Waals surface area contributed by atoms with Crippen LogP contribution in [0, 0.1) is 0 Å². The molecule has 0 unspecified atom stereocenters. The van der Waals surface area contributed by atoms with Crippen molar-refractivity contribution in [1.82, 2.24) is 0 Å². The Hall–Kier alpha value is -0.910. The van der Waals surface area contributed by atoms with Gasteiger partial charge >= 0.3 is 0 Å². The zero-order chi connectivity index (χ0) is 35.6. The van der Waals surface area contributed by atoms with Crippen molar-refractivity contribution in [1.29, 1.82) is 0 Å². The monoisotopic (exact) mass is 694 g/mol. The average Bonchev–Trinajstić information content (AvgIpc) is 3.07. The number of aryl methyl sites for hydroxylation is 1. The minimum absolute atomic E-state index is 0.0501. The third-order valence-corrected chi connectivity index (χ3v) is 11.1. The van der Waals surface area contributed by atoms with Crippen molar-refractivity contribution in [3.05, 3.63) is 29.8 Å². The molecule has 0 saturated heterocycles. The molecule has 1 aromatic carbocycles. The van der Waals surface area contributed by atoms with E-state index < -0.39 is 10.1 Å². The number of nitrogens with zero attached hydrogens (tertiary/aromatic N) is 1. The van der Waals surface area contributed by atoms with E-state index in [1.54, 1.807) is 18.2 Å². The van der Waals surface area contributed by atoms with Crippen LogP contribution in [0.1, 0.15) is 213 Å². The van der Waals surface area contributed by atoms with Gasteiger partial charge in [0, 0.05) is 0 Å². The van der Waals surface area contributed by atoms with E-state index in [0.29, 0.717) is 12.0 Å². The molecule has 0 aromatic heterocycles. The molecule has 0 spiro atoms. The summed E-state index contributed by atoms with van der Waals surface area (Å²) < 4.78 is 34.9. The fourth-order valence-corrected chi connectivity index (χ4v) is 7.65. The Kier molecular flexibility index (Phi) is 32.6. The van der Waals surface area contributed by atoms with Crippen molar-refractivity contribution in [2.24, 2.45) is 0 Å². The third-order valence-electron chi connectivity index (χ3n) is 10.2. The van der Waals surface area contributed by atoms with Crippen molar-refractivity contribution in [3.8, 4) is 0 Å². The number of rotatable bonds is 33. The van der Waals surface area contributed by atoms with Crippen LogP contribution in [0.15, 0.2) is 29.2 Å². The normalized spacial score (nSPS) is 11.9. The van der Waals surface area contributed by atoms with E-state index in [4.69, 9.17) is 0 Å². The van der Waals surface area contributed by atoms with Gasteiger partial charge in [0.05, 0.1) is 31.6 Å². The van der Waals surface area contributed by atoms with Gasteiger partial charge in [-0.15, -0.1) is 0 Å². The quantitative estimate of drug-likeness (QED) is 0.0418. The van der Waals surface area contributed by atoms with Crippen molar-refractivity contribution >= 4 is 10.1 Å². The first-order valence-electron chi connectivity index (χ1n) is 21.1. The van der Waals surface area contributed by atoms with Gasteiger partial charge in [-0.1, -0.05) is 181 Å². The zero-order valence-electron chi connectivity index (χ0n) is 33.0. The molecule has 0 amide bonds. The van der Waals surface area contributed by atoms with Gasteiger partial charge in [0.1, 0.15) is 10.1 Å². The maximum absolute atomic E-state index is 11.2. The summed E-state index contributed by atoms with van der Waals surface area (Å²) in [5, 5.41) is 0. The molecule has 0 aliphatic carbocycles. The fraction of sp³-hybridized carbons (Fsp3) is 0.860. The Morgan fingerprint density at radius 3 is 1.08 bits per heavy atom. The molecule has 284 valence electrons. The van der Waals surface area contributed by atoms with Gasteiger partial charge in [-0.2, -0.15) is 0 Å². The highest BCUT2D eigenvalue weighted by Crippen LogP contribution is 2.19. The number of unbranched alkanes of at least 4 members (excludes halogenated alkanes) is 24. The molecule has 0 atom stereocenters. The largest absolute Gasteiger partial charge is 0.744 e. The summed E-state index contributed by atoms with van der Waals surface area (Å²) in [6.07, 6.45) is 39.0. The lowest BCUT2D eigenvalue weighted by molar-refractivity contribution is -0.910. The van der Waals surface area contributed by atoms with E-state index >= 15 is 0 Å². The minimum Gasteiger partial charge on any atom is -0.744 e. The second-order valence-electron chi connectivity index (χ2n) is 15.1. The molecule has 0 N–H and O–H groups in total. The van der Waals surface area contributed by atoms with Gasteiger partial charge in [-0.3, -0.25) is 0 Å². The Labute approximate surface area is 302 Å². The third kappa shape index (κ3) is 28.9. The second-order valence-corrected chi connectivity index (χ2v) is 16.4. The summed E-state index contributed by atoms with van der Waals surface area (Å²) in [6.45, 7) is 13.5. The smallest absolute Gasteiger partial charge is 0.124 e. The first-order valence-corrected chi connectivity index (χ1v) is 22.5. The Morgan fingerprint density at radius 1 is 0.458 bits per heavy atom. The lowest BCUT2D eigenvalue weighted by atomic mass is 10.0. The van der Waals surface area contributed by atoms with E-state index in [1.807, 2.05) is 0 Å². The van der Waals surface area contributed by atoms with Crippen LogP contribution in [0.25, 0.3) is 0 Å². The van der Waals surface area contributed by atoms with Crippen LogP contribution in [-0.2, 0) is 16.5 Å². The van der Waals surface area contributed by atoms with E-state index in [-0.39, 0.29) is 4.90 Å². The van der Waals surface area contributed by atoms with E-state index in [9.17, 15) is 13.0 Å². The number of hydrogen-bond acceptors (Lipinski definition) is 3. The van der Waals surface area contributed by atoms with Crippen LogP contribution in [0.4, 0.5) is 0 Å². The summed E-state index contributed by atoms with van der Waals surface area (Å²) in [6, 6.07) is 6.56. The van der Waals surface area contributed by atoms with Crippen molar-refractivity contribution in [2.45, 2.75) is 219 Å².